The molecular formula is C20H18ClF2NO3. The minimum atomic E-state index is -2.68. The molecule has 0 aromatic heterocycles. The molecule has 0 bridgehead atoms. The molecule has 2 aromatic rings. The average molecular weight is 394 g/mol. The van der Waals surface area contributed by atoms with Crippen molar-refractivity contribution in [3.05, 3.63) is 58.6 Å². The van der Waals surface area contributed by atoms with Crippen molar-refractivity contribution in [2.24, 2.45) is 0 Å². The Morgan fingerprint density at radius 3 is 2.19 bits per heavy atom. The van der Waals surface area contributed by atoms with Gasteiger partial charge in [0, 0.05) is 31.5 Å². The minimum absolute atomic E-state index is 0.0538. The molecule has 0 saturated carbocycles. The lowest BCUT2D eigenvalue weighted by atomic mass is 10.0. The highest BCUT2D eigenvalue weighted by Crippen LogP contribution is 2.29. The molecule has 4 nitrogen and oxygen atoms in total. The monoisotopic (exact) mass is 393 g/mol. The van der Waals surface area contributed by atoms with Crippen LogP contribution in [0.1, 0.15) is 33.6 Å². The number of hydrogen-bond donors (Lipinski definition) is 0. The average Bonchev–Trinajstić information content (AvgIpc) is 2.67. The number of ether oxygens (including phenoxy) is 1. The fourth-order valence-corrected chi connectivity index (χ4v) is 3.25. The maximum Gasteiger partial charge on any atom is 0.339 e. The minimum Gasteiger partial charge on any atom is -0.465 e. The second-order valence-corrected chi connectivity index (χ2v) is 6.82. The summed E-state index contributed by atoms with van der Waals surface area (Å²) in [7, 11) is 1.28. The SMILES string of the molecule is COC(=O)c1ccc(-c2ccc(C(=O)N3CCC(F)(F)CC3)cc2)cc1Cl. The molecule has 1 fully saturated rings. The fourth-order valence-electron chi connectivity index (χ4n) is 2.99. The quantitative estimate of drug-likeness (QED) is 0.712. The first kappa shape index (κ1) is 19.3. The van der Waals surface area contributed by atoms with Crippen molar-refractivity contribution in [2.45, 2.75) is 18.8 Å². The molecule has 0 spiro atoms. The largest absolute Gasteiger partial charge is 0.465 e. The predicted octanol–water partition coefficient (Wildman–Crippen LogP) is 4.66. The lowest BCUT2D eigenvalue weighted by Gasteiger charge is -2.31. The Kier molecular flexibility index (Phi) is 5.46. The molecule has 1 aliphatic heterocycles. The van der Waals surface area contributed by atoms with Gasteiger partial charge in [0.15, 0.2) is 0 Å². The fraction of sp³-hybridized carbons (Fsp3) is 0.300. The Hall–Kier alpha value is -2.47. The van der Waals surface area contributed by atoms with Crippen molar-refractivity contribution in [1.82, 2.24) is 4.90 Å². The van der Waals surface area contributed by atoms with Crippen LogP contribution >= 0.6 is 11.6 Å². The number of esters is 1. The molecule has 0 N–H and O–H groups in total. The second-order valence-electron chi connectivity index (χ2n) is 6.41. The topological polar surface area (TPSA) is 46.6 Å². The molecular weight excluding hydrogens is 376 g/mol. The van der Waals surface area contributed by atoms with Gasteiger partial charge in [-0.1, -0.05) is 29.8 Å². The molecule has 0 unspecified atom stereocenters. The predicted molar refractivity (Wildman–Crippen MR) is 98.3 cm³/mol. The summed E-state index contributed by atoms with van der Waals surface area (Å²) >= 11 is 6.14. The van der Waals surface area contributed by atoms with Gasteiger partial charge >= 0.3 is 5.97 Å². The number of likely N-dealkylation sites (tertiary alicyclic amines) is 1. The first-order chi connectivity index (χ1) is 12.8. The van der Waals surface area contributed by atoms with E-state index in [1.807, 2.05) is 0 Å². The van der Waals surface area contributed by atoms with E-state index in [1.54, 1.807) is 42.5 Å². The normalized spacial score (nSPS) is 16.1. The summed E-state index contributed by atoms with van der Waals surface area (Å²) in [6, 6.07) is 11.8. The second kappa shape index (κ2) is 7.64. The molecule has 0 atom stereocenters. The number of nitrogens with zero attached hydrogens (tertiary/aromatic N) is 1. The Balaban J connectivity index is 1.75. The van der Waals surface area contributed by atoms with Crippen LogP contribution in [0, 0.1) is 0 Å². The Morgan fingerprint density at radius 1 is 1.04 bits per heavy atom. The van der Waals surface area contributed by atoms with Crippen molar-refractivity contribution in [2.75, 3.05) is 20.2 Å². The first-order valence-corrected chi connectivity index (χ1v) is 8.84. The van der Waals surface area contributed by atoms with Gasteiger partial charge in [-0.3, -0.25) is 4.79 Å². The number of methoxy groups -OCH3 is 1. The summed E-state index contributed by atoms with van der Waals surface area (Å²) in [5, 5.41) is 0.272. The Labute approximate surface area is 160 Å². The van der Waals surface area contributed by atoms with Gasteiger partial charge in [-0.2, -0.15) is 0 Å². The van der Waals surface area contributed by atoms with E-state index < -0.39 is 11.9 Å². The van der Waals surface area contributed by atoms with Crippen LogP contribution in [0.15, 0.2) is 42.5 Å². The third kappa shape index (κ3) is 4.27. The standard InChI is InChI=1S/C20H18ClF2NO3/c1-27-19(26)16-7-6-15(12-17(16)21)13-2-4-14(5-3-13)18(25)24-10-8-20(22,23)9-11-24/h2-7,12H,8-11H2,1H3. The molecule has 2 aromatic carbocycles. The first-order valence-electron chi connectivity index (χ1n) is 8.46. The maximum atomic E-state index is 13.2. The summed E-state index contributed by atoms with van der Waals surface area (Å²) in [6.45, 7) is 0.108. The van der Waals surface area contributed by atoms with E-state index in [9.17, 15) is 18.4 Å². The molecule has 3 rings (SSSR count). The maximum absolute atomic E-state index is 13.2. The summed E-state index contributed by atoms with van der Waals surface area (Å²) in [5.41, 5.74) is 2.32. The summed E-state index contributed by atoms with van der Waals surface area (Å²) in [5.74, 6) is -3.45. The van der Waals surface area contributed by atoms with Gasteiger partial charge in [0.05, 0.1) is 17.7 Å². The summed E-state index contributed by atoms with van der Waals surface area (Å²) in [6.07, 6.45) is -0.607. The number of hydrogen-bond acceptors (Lipinski definition) is 3. The highest BCUT2D eigenvalue weighted by molar-refractivity contribution is 6.33. The van der Waals surface area contributed by atoms with Crippen LogP contribution in [0.3, 0.4) is 0 Å². The van der Waals surface area contributed by atoms with E-state index in [0.29, 0.717) is 5.56 Å². The number of piperidine rings is 1. The van der Waals surface area contributed by atoms with Gasteiger partial charge in [-0.05, 0) is 35.4 Å². The van der Waals surface area contributed by atoms with E-state index in [2.05, 4.69) is 4.74 Å². The molecule has 7 heteroatoms. The van der Waals surface area contributed by atoms with Gasteiger partial charge in [-0.15, -0.1) is 0 Å². The van der Waals surface area contributed by atoms with Crippen LogP contribution < -0.4 is 0 Å². The summed E-state index contributed by atoms with van der Waals surface area (Å²) in [4.78, 5) is 25.5. The zero-order valence-corrected chi connectivity index (χ0v) is 15.4. The number of carbonyl (C=O) groups is 2. The van der Waals surface area contributed by atoms with Crippen LogP contribution in [0.2, 0.25) is 5.02 Å². The molecule has 0 aliphatic carbocycles. The number of halogens is 3. The summed E-state index contributed by atoms with van der Waals surface area (Å²) < 4.78 is 31.1. The molecule has 1 saturated heterocycles. The number of benzene rings is 2. The number of carbonyl (C=O) groups excluding carboxylic acids is 2. The smallest absolute Gasteiger partial charge is 0.339 e. The van der Waals surface area contributed by atoms with Crippen molar-refractivity contribution in [1.29, 1.82) is 0 Å². The van der Waals surface area contributed by atoms with Crippen LogP contribution in [0.25, 0.3) is 11.1 Å². The van der Waals surface area contributed by atoms with E-state index in [4.69, 9.17) is 11.6 Å². The van der Waals surface area contributed by atoms with Gasteiger partial charge in [-0.25, -0.2) is 13.6 Å². The van der Waals surface area contributed by atoms with Crippen molar-refractivity contribution in [3.8, 4) is 11.1 Å². The highest BCUT2D eigenvalue weighted by Gasteiger charge is 2.35. The number of amides is 1. The van der Waals surface area contributed by atoms with Gasteiger partial charge in [0.1, 0.15) is 0 Å². The van der Waals surface area contributed by atoms with Crippen LogP contribution in [0.4, 0.5) is 8.78 Å². The van der Waals surface area contributed by atoms with Crippen LogP contribution in [-0.2, 0) is 4.74 Å². The van der Waals surface area contributed by atoms with E-state index in [0.717, 1.165) is 11.1 Å². The molecule has 1 amide bonds. The van der Waals surface area contributed by atoms with Crippen molar-refractivity contribution in [3.63, 3.8) is 0 Å². The zero-order valence-electron chi connectivity index (χ0n) is 14.7. The van der Waals surface area contributed by atoms with Gasteiger partial charge in [0.2, 0.25) is 0 Å². The molecule has 1 heterocycles. The van der Waals surface area contributed by atoms with Gasteiger partial charge in [0.25, 0.3) is 11.8 Å². The highest BCUT2D eigenvalue weighted by atomic mass is 35.5. The Bertz CT molecular complexity index is 858. The molecule has 0 radical (unpaired) electrons. The van der Waals surface area contributed by atoms with Gasteiger partial charge < -0.3 is 9.64 Å². The van der Waals surface area contributed by atoms with E-state index >= 15 is 0 Å². The zero-order chi connectivity index (χ0) is 19.6. The number of alkyl halides is 2. The lowest BCUT2D eigenvalue weighted by Crippen LogP contribution is -2.42. The van der Waals surface area contributed by atoms with Crippen molar-refractivity contribution < 1.29 is 23.1 Å². The Morgan fingerprint density at radius 2 is 1.63 bits per heavy atom. The van der Waals surface area contributed by atoms with Crippen LogP contribution in [-0.4, -0.2) is 42.9 Å². The van der Waals surface area contributed by atoms with Crippen molar-refractivity contribution >= 4 is 23.5 Å². The molecule has 1 aliphatic rings. The number of rotatable bonds is 3. The lowest BCUT2D eigenvalue weighted by molar-refractivity contribution is -0.0494. The molecule has 142 valence electrons. The molecule has 27 heavy (non-hydrogen) atoms. The van der Waals surface area contributed by atoms with E-state index in [1.165, 1.54) is 12.0 Å². The third-order valence-corrected chi connectivity index (χ3v) is 4.93. The third-order valence-electron chi connectivity index (χ3n) is 4.62. The van der Waals surface area contributed by atoms with E-state index in [-0.39, 0.29) is 42.4 Å². The van der Waals surface area contributed by atoms with Crippen LogP contribution in [0.5, 0.6) is 0 Å².